The Labute approximate surface area is 81.2 Å². The number of rotatable bonds is 2. The maximum absolute atomic E-state index is 10.4. The van der Waals surface area contributed by atoms with Crippen molar-refractivity contribution in [2.45, 2.75) is 6.92 Å². The van der Waals surface area contributed by atoms with Crippen LogP contribution in [0.1, 0.15) is 16.2 Å². The van der Waals surface area contributed by atoms with Crippen LogP contribution >= 0.6 is 0 Å². The van der Waals surface area contributed by atoms with Crippen LogP contribution in [0, 0.1) is 6.92 Å². The monoisotopic (exact) mass is 187 g/mol. The summed E-state index contributed by atoms with van der Waals surface area (Å²) < 4.78 is 1.72. The van der Waals surface area contributed by atoms with Crippen LogP contribution in [-0.2, 0) is 0 Å². The van der Waals surface area contributed by atoms with Gasteiger partial charge in [-0.3, -0.25) is 9.78 Å². The van der Waals surface area contributed by atoms with E-state index in [0.29, 0.717) is 5.69 Å². The van der Waals surface area contributed by atoms with E-state index in [4.69, 9.17) is 0 Å². The molecule has 0 aromatic carbocycles. The molecule has 2 heterocycles. The van der Waals surface area contributed by atoms with Gasteiger partial charge in [-0.05, 0) is 25.1 Å². The van der Waals surface area contributed by atoms with Crippen molar-refractivity contribution in [3.8, 4) is 5.69 Å². The molecular weight excluding hydrogens is 178 g/mol. The number of aldehydes is 1. The zero-order chi connectivity index (χ0) is 9.97. The van der Waals surface area contributed by atoms with E-state index in [1.54, 1.807) is 16.9 Å². The molecule has 70 valence electrons. The topological polar surface area (TPSA) is 47.8 Å². The van der Waals surface area contributed by atoms with Gasteiger partial charge in [0.25, 0.3) is 0 Å². The average molecular weight is 187 g/mol. The number of pyridine rings is 1. The Bertz CT molecular complexity index is 445. The zero-order valence-electron chi connectivity index (χ0n) is 7.71. The van der Waals surface area contributed by atoms with Crippen LogP contribution in [-0.4, -0.2) is 21.1 Å². The highest BCUT2D eigenvalue weighted by Gasteiger charge is 1.98. The average Bonchev–Trinajstić information content (AvgIpc) is 2.65. The Morgan fingerprint density at radius 3 is 2.71 bits per heavy atom. The summed E-state index contributed by atoms with van der Waals surface area (Å²) in [6, 6.07) is 5.39. The summed E-state index contributed by atoms with van der Waals surface area (Å²) in [5.41, 5.74) is 2.23. The lowest BCUT2D eigenvalue weighted by Gasteiger charge is -1.99. The molecule has 0 unspecified atom stereocenters. The van der Waals surface area contributed by atoms with Crippen LogP contribution in [0.4, 0.5) is 0 Å². The second-order valence-electron chi connectivity index (χ2n) is 2.96. The van der Waals surface area contributed by atoms with E-state index in [1.807, 2.05) is 25.3 Å². The Balaban J connectivity index is 2.38. The second kappa shape index (κ2) is 3.41. The molecule has 2 aromatic rings. The van der Waals surface area contributed by atoms with E-state index in [0.717, 1.165) is 17.7 Å². The predicted molar refractivity (Wildman–Crippen MR) is 51.5 cm³/mol. The molecule has 0 saturated carbocycles. The maximum atomic E-state index is 10.4. The maximum Gasteiger partial charge on any atom is 0.168 e. The van der Waals surface area contributed by atoms with Crippen molar-refractivity contribution in [3.05, 3.63) is 42.0 Å². The summed E-state index contributed by atoms with van der Waals surface area (Å²) in [5.74, 6) is 0. The molecule has 0 radical (unpaired) electrons. The zero-order valence-corrected chi connectivity index (χ0v) is 7.71. The molecule has 2 rings (SSSR count). The van der Waals surface area contributed by atoms with E-state index in [1.165, 1.54) is 0 Å². The predicted octanol–water partition coefficient (Wildman–Crippen LogP) is 1.39. The second-order valence-corrected chi connectivity index (χ2v) is 2.96. The summed E-state index contributed by atoms with van der Waals surface area (Å²) in [6.45, 7) is 1.92. The van der Waals surface area contributed by atoms with Gasteiger partial charge in [0.1, 0.15) is 5.69 Å². The lowest BCUT2D eigenvalue weighted by atomic mass is 10.3. The van der Waals surface area contributed by atoms with Crippen LogP contribution in [0.15, 0.2) is 30.6 Å². The minimum absolute atomic E-state index is 0.428. The van der Waals surface area contributed by atoms with Crippen molar-refractivity contribution >= 4 is 6.29 Å². The van der Waals surface area contributed by atoms with E-state index in [2.05, 4.69) is 10.1 Å². The molecule has 0 saturated heterocycles. The van der Waals surface area contributed by atoms with E-state index < -0.39 is 0 Å². The number of nitrogens with zero attached hydrogens (tertiary/aromatic N) is 3. The third kappa shape index (κ3) is 1.54. The van der Waals surface area contributed by atoms with Gasteiger partial charge >= 0.3 is 0 Å². The first-order valence-corrected chi connectivity index (χ1v) is 4.23. The highest BCUT2D eigenvalue weighted by atomic mass is 16.1. The summed E-state index contributed by atoms with van der Waals surface area (Å²) in [6.07, 6.45) is 4.20. The fraction of sp³-hybridized carbons (Fsp3) is 0.100. The van der Waals surface area contributed by atoms with E-state index >= 15 is 0 Å². The Morgan fingerprint density at radius 2 is 2.21 bits per heavy atom. The molecule has 0 N–H and O–H groups in total. The van der Waals surface area contributed by atoms with Crippen LogP contribution in [0.2, 0.25) is 0 Å². The smallest absolute Gasteiger partial charge is 0.168 e. The molecule has 14 heavy (non-hydrogen) atoms. The number of carbonyl (C=O) groups is 1. The number of aryl methyl sites for hydroxylation is 1. The quantitative estimate of drug-likeness (QED) is 0.667. The first kappa shape index (κ1) is 8.62. The largest absolute Gasteiger partial charge is 0.296 e. The lowest BCUT2D eigenvalue weighted by Crippen LogP contribution is -1.96. The van der Waals surface area contributed by atoms with Crippen LogP contribution in [0.3, 0.4) is 0 Å². The number of hydrogen-bond donors (Lipinski definition) is 0. The van der Waals surface area contributed by atoms with Gasteiger partial charge in [0.15, 0.2) is 6.29 Å². The van der Waals surface area contributed by atoms with Gasteiger partial charge in [0.2, 0.25) is 0 Å². The first-order valence-electron chi connectivity index (χ1n) is 4.23. The van der Waals surface area contributed by atoms with Gasteiger partial charge in [-0.2, -0.15) is 5.10 Å². The molecule has 0 aliphatic carbocycles. The molecule has 0 aliphatic rings. The Morgan fingerprint density at radius 1 is 1.36 bits per heavy atom. The molecule has 0 fully saturated rings. The number of carbonyl (C=O) groups excluding carboxylic acids is 1. The van der Waals surface area contributed by atoms with Crippen LogP contribution in [0.5, 0.6) is 0 Å². The third-order valence-electron chi connectivity index (χ3n) is 1.88. The van der Waals surface area contributed by atoms with Crippen molar-refractivity contribution < 1.29 is 4.79 Å². The SMILES string of the molecule is Cc1ccn(-c2ccc(C=O)nc2)n1. The molecule has 0 amide bonds. The molecule has 0 bridgehead atoms. The van der Waals surface area contributed by atoms with Crippen molar-refractivity contribution in [3.63, 3.8) is 0 Å². The number of aromatic nitrogens is 3. The number of hydrogen-bond acceptors (Lipinski definition) is 3. The summed E-state index contributed by atoms with van der Waals surface area (Å²) >= 11 is 0. The molecule has 0 atom stereocenters. The van der Waals surface area contributed by atoms with Crippen molar-refractivity contribution in [2.75, 3.05) is 0 Å². The van der Waals surface area contributed by atoms with Gasteiger partial charge in [-0.25, -0.2) is 4.68 Å². The molecule has 4 nitrogen and oxygen atoms in total. The molecule has 0 aliphatic heterocycles. The van der Waals surface area contributed by atoms with E-state index in [-0.39, 0.29) is 0 Å². The van der Waals surface area contributed by atoms with Crippen molar-refractivity contribution in [1.82, 2.24) is 14.8 Å². The third-order valence-corrected chi connectivity index (χ3v) is 1.88. The molecular formula is C10H9N3O. The molecule has 4 heteroatoms. The first-order chi connectivity index (χ1) is 6.79. The van der Waals surface area contributed by atoms with Gasteiger partial charge < -0.3 is 0 Å². The fourth-order valence-corrected chi connectivity index (χ4v) is 1.16. The Kier molecular flexibility index (Phi) is 2.10. The highest BCUT2D eigenvalue weighted by molar-refractivity contribution is 5.71. The fourth-order valence-electron chi connectivity index (χ4n) is 1.16. The van der Waals surface area contributed by atoms with Crippen LogP contribution < -0.4 is 0 Å². The summed E-state index contributed by atoms with van der Waals surface area (Å²) in [7, 11) is 0. The minimum atomic E-state index is 0.428. The Hall–Kier alpha value is -1.97. The van der Waals surface area contributed by atoms with Crippen molar-refractivity contribution in [1.29, 1.82) is 0 Å². The lowest BCUT2D eigenvalue weighted by molar-refractivity contribution is 0.111. The molecule has 0 spiro atoms. The van der Waals surface area contributed by atoms with Gasteiger partial charge in [-0.1, -0.05) is 0 Å². The van der Waals surface area contributed by atoms with Gasteiger partial charge in [0.05, 0.1) is 17.6 Å². The van der Waals surface area contributed by atoms with Crippen LogP contribution in [0.25, 0.3) is 5.69 Å². The summed E-state index contributed by atoms with van der Waals surface area (Å²) in [5, 5.41) is 4.22. The van der Waals surface area contributed by atoms with E-state index in [9.17, 15) is 4.79 Å². The molecule has 2 aromatic heterocycles. The minimum Gasteiger partial charge on any atom is -0.296 e. The summed E-state index contributed by atoms with van der Waals surface area (Å²) in [4.78, 5) is 14.3. The van der Waals surface area contributed by atoms with Gasteiger partial charge in [0, 0.05) is 6.20 Å². The normalized spacial score (nSPS) is 10.1. The van der Waals surface area contributed by atoms with Gasteiger partial charge in [-0.15, -0.1) is 0 Å². The van der Waals surface area contributed by atoms with Crippen molar-refractivity contribution in [2.24, 2.45) is 0 Å². The highest BCUT2D eigenvalue weighted by Crippen LogP contribution is 2.05. The standard InChI is InChI=1S/C10H9N3O/c1-8-4-5-13(12-8)10-3-2-9(7-14)11-6-10/h2-7H,1H3.